The Kier molecular flexibility index (Phi) is 4.42. The predicted molar refractivity (Wildman–Crippen MR) is 82.8 cm³/mol. The number of carbonyl (C=O) groups excluding carboxylic acids is 2. The molecule has 2 amide bonds. The fourth-order valence-electron chi connectivity index (χ4n) is 2.68. The first-order valence-electron chi connectivity index (χ1n) is 7.16. The molecule has 2 fully saturated rings. The zero-order valence-electron chi connectivity index (χ0n) is 12.4. The van der Waals surface area contributed by atoms with Crippen LogP contribution in [0.4, 0.5) is 4.79 Å². The maximum Gasteiger partial charge on any atom is 0.409 e. The van der Waals surface area contributed by atoms with Gasteiger partial charge in [-0.05, 0) is 6.07 Å². The molecule has 118 valence electrons. The lowest BCUT2D eigenvalue weighted by Crippen LogP contribution is -2.37. The second kappa shape index (κ2) is 6.48. The molecule has 0 aromatic heterocycles. The Labute approximate surface area is 133 Å². The number of para-hydroxylation sites is 1. The lowest BCUT2D eigenvalue weighted by molar-refractivity contribution is -0.128. The largest absolute Gasteiger partial charge is 0.496 e. The van der Waals surface area contributed by atoms with Gasteiger partial charge in [0.1, 0.15) is 17.7 Å². The molecular weight excluding hydrogens is 304 g/mol. The normalized spacial score (nSPS) is 21.4. The Morgan fingerprint density at radius 1 is 1.32 bits per heavy atom. The molecule has 2 saturated heterocycles. The van der Waals surface area contributed by atoms with Gasteiger partial charge in [0.25, 0.3) is 0 Å². The molecule has 22 heavy (non-hydrogen) atoms. The van der Waals surface area contributed by atoms with Gasteiger partial charge in [-0.3, -0.25) is 4.79 Å². The molecule has 1 unspecified atom stereocenters. The van der Waals surface area contributed by atoms with Crippen LogP contribution in [0.3, 0.4) is 0 Å². The van der Waals surface area contributed by atoms with Crippen LogP contribution in [0.2, 0.25) is 0 Å². The second-order valence-corrected chi connectivity index (χ2v) is 6.16. The van der Waals surface area contributed by atoms with Gasteiger partial charge >= 0.3 is 6.09 Å². The second-order valence-electron chi connectivity index (χ2n) is 5.09. The third-order valence-electron chi connectivity index (χ3n) is 3.83. The van der Waals surface area contributed by atoms with Gasteiger partial charge in [0.05, 0.1) is 19.4 Å². The van der Waals surface area contributed by atoms with Crippen LogP contribution in [0.25, 0.3) is 0 Å². The van der Waals surface area contributed by atoms with Crippen LogP contribution in [-0.4, -0.2) is 60.9 Å². The molecule has 3 rings (SSSR count). The maximum absolute atomic E-state index is 12.2. The molecule has 2 aliphatic rings. The van der Waals surface area contributed by atoms with Gasteiger partial charge in [0.2, 0.25) is 5.91 Å². The van der Waals surface area contributed by atoms with Crippen LogP contribution in [0.15, 0.2) is 24.3 Å². The summed E-state index contributed by atoms with van der Waals surface area (Å²) in [4.78, 5) is 27.1. The Morgan fingerprint density at radius 2 is 2.14 bits per heavy atom. The van der Waals surface area contributed by atoms with E-state index in [0.717, 1.165) is 11.3 Å². The standard InChI is InChI=1S/C15H18N2O4S/c1-20-12-5-3-2-4-11(12)14-17(13(18)10-22-14)7-6-16-8-9-21-15(16)19/h2-5,14H,6-10H2,1H3. The van der Waals surface area contributed by atoms with E-state index in [1.807, 2.05) is 29.2 Å². The van der Waals surface area contributed by atoms with Crippen molar-refractivity contribution in [3.8, 4) is 5.75 Å². The predicted octanol–water partition coefficient (Wildman–Crippen LogP) is 1.72. The first-order valence-corrected chi connectivity index (χ1v) is 8.21. The van der Waals surface area contributed by atoms with Crippen molar-refractivity contribution in [2.45, 2.75) is 5.37 Å². The molecule has 0 radical (unpaired) electrons. The molecule has 7 heteroatoms. The minimum atomic E-state index is -0.298. The van der Waals surface area contributed by atoms with Gasteiger partial charge in [-0.1, -0.05) is 18.2 Å². The van der Waals surface area contributed by atoms with Gasteiger partial charge in [0.15, 0.2) is 0 Å². The number of hydrogen-bond donors (Lipinski definition) is 0. The molecular formula is C15H18N2O4S. The number of ether oxygens (including phenoxy) is 2. The molecule has 0 saturated carbocycles. The Bertz CT molecular complexity index is 580. The summed E-state index contributed by atoms with van der Waals surface area (Å²) in [5.74, 6) is 1.32. The van der Waals surface area contributed by atoms with Crippen molar-refractivity contribution in [3.05, 3.63) is 29.8 Å². The van der Waals surface area contributed by atoms with E-state index in [-0.39, 0.29) is 17.4 Å². The van der Waals surface area contributed by atoms with Crippen molar-refractivity contribution in [2.24, 2.45) is 0 Å². The number of rotatable bonds is 5. The summed E-state index contributed by atoms with van der Waals surface area (Å²) in [5, 5.41) is -0.0673. The molecule has 1 aromatic rings. The number of hydrogen-bond acceptors (Lipinski definition) is 5. The highest BCUT2D eigenvalue weighted by Gasteiger charge is 2.35. The van der Waals surface area contributed by atoms with Gasteiger partial charge in [-0.25, -0.2) is 4.79 Å². The van der Waals surface area contributed by atoms with E-state index in [1.54, 1.807) is 23.8 Å². The number of benzene rings is 1. The SMILES string of the molecule is COc1ccccc1C1SCC(=O)N1CCN1CCOC1=O. The summed E-state index contributed by atoms with van der Waals surface area (Å²) < 4.78 is 10.3. The minimum Gasteiger partial charge on any atom is -0.496 e. The lowest BCUT2D eigenvalue weighted by Gasteiger charge is -2.26. The van der Waals surface area contributed by atoms with Crippen LogP contribution in [0.1, 0.15) is 10.9 Å². The van der Waals surface area contributed by atoms with Crippen LogP contribution in [-0.2, 0) is 9.53 Å². The van der Waals surface area contributed by atoms with E-state index in [9.17, 15) is 9.59 Å². The van der Waals surface area contributed by atoms with Crippen LogP contribution in [0.5, 0.6) is 5.75 Å². The van der Waals surface area contributed by atoms with E-state index in [2.05, 4.69) is 0 Å². The summed E-state index contributed by atoms with van der Waals surface area (Å²) in [6.45, 7) is 2.02. The quantitative estimate of drug-likeness (QED) is 0.826. The number of thioether (sulfide) groups is 1. The minimum absolute atomic E-state index is 0.0673. The number of cyclic esters (lactones) is 1. The molecule has 2 heterocycles. The first-order chi connectivity index (χ1) is 10.7. The monoisotopic (exact) mass is 322 g/mol. The van der Waals surface area contributed by atoms with Crippen molar-refractivity contribution >= 4 is 23.8 Å². The first kappa shape index (κ1) is 15.0. The van der Waals surface area contributed by atoms with E-state index in [1.165, 1.54) is 0 Å². The number of carbonyl (C=O) groups is 2. The van der Waals surface area contributed by atoms with Crippen LogP contribution < -0.4 is 4.74 Å². The van der Waals surface area contributed by atoms with Gasteiger partial charge in [-0.15, -0.1) is 11.8 Å². The molecule has 0 spiro atoms. The van der Waals surface area contributed by atoms with Crippen molar-refractivity contribution < 1.29 is 19.1 Å². The molecule has 0 aliphatic carbocycles. The molecule has 1 aromatic carbocycles. The summed E-state index contributed by atoms with van der Waals surface area (Å²) >= 11 is 1.59. The van der Waals surface area contributed by atoms with Crippen molar-refractivity contribution in [3.63, 3.8) is 0 Å². The van der Waals surface area contributed by atoms with E-state index in [4.69, 9.17) is 9.47 Å². The highest BCUT2D eigenvalue weighted by molar-refractivity contribution is 8.00. The molecule has 6 nitrogen and oxygen atoms in total. The summed E-state index contributed by atoms with van der Waals surface area (Å²) in [6.07, 6.45) is -0.298. The zero-order valence-corrected chi connectivity index (χ0v) is 13.2. The molecule has 1 atom stereocenters. The summed E-state index contributed by atoms with van der Waals surface area (Å²) in [7, 11) is 1.63. The summed E-state index contributed by atoms with van der Waals surface area (Å²) in [5.41, 5.74) is 0.991. The van der Waals surface area contributed by atoms with Gasteiger partial charge < -0.3 is 19.3 Å². The van der Waals surface area contributed by atoms with Gasteiger partial charge in [0, 0.05) is 18.7 Å². The van der Waals surface area contributed by atoms with Crippen molar-refractivity contribution in [1.29, 1.82) is 0 Å². The highest BCUT2D eigenvalue weighted by Crippen LogP contribution is 2.42. The Morgan fingerprint density at radius 3 is 2.86 bits per heavy atom. The van der Waals surface area contributed by atoms with E-state index < -0.39 is 0 Å². The Hall–Kier alpha value is -1.89. The number of amides is 2. The Balaban J connectivity index is 1.73. The zero-order chi connectivity index (χ0) is 15.5. The summed E-state index contributed by atoms with van der Waals surface area (Å²) in [6, 6.07) is 7.73. The average Bonchev–Trinajstić information content (AvgIpc) is 3.11. The lowest BCUT2D eigenvalue weighted by atomic mass is 10.2. The molecule has 0 N–H and O–H groups in total. The topological polar surface area (TPSA) is 59.1 Å². The van der Waals surface area contributed by atoms with Crippen LogP contribution in [0, 0.1) is 0 Å². The maximum atomic E-state index is 12.2. The highest BCUT2D eigenvalue weighted by atomic mass is 32.2. The van der Waals surface area contributed by atoms with Crippen molar-refractivity contribution in [2.75, 3.05) is 39.1 Å². The molecule has 0 bridgehead atoms. The van der Waals surface area contributed by atoms with Crippen molar-refractivity contribution in [1.82, 2.24) is 9.80 Å². The van der Waals surface area contributed by atoms with Gasteiger partial charge in [-0.2, -0.15) is 0 Å². The average molecular weight is 322 g/mol. The number of nitrogens with zero attached hydrogens (tertiary/aromatic N) is 2. The smallest absolute Gasteiger partial charge is 0.409 e. The van der Waals surface area contributed by atoms with E-state index >= 15 is 0 Å². The fraction of sp³-hybridized carbons (Fsp3) is 0.467. The third kappa shape index (κ3) is 2.85. The van der Waals surface area contributed by atoms with Crippen LogP contribution >= 0.6 is 11.8 Å². The fourth-order valence-corrected chi connectivity index (χ4v) is 3.92. The third-order valence-corrected chi connectivity index (χ3v) is 5.07. The molecule has 2 aliphatic heterocycles. The van der Waals surface area contributed by atoms with E-state index in [0.29, 0.717) is 32.0 Å². The number of methoxy groups -OCH3 is 1.